The first-order valence-corrected chi connectivity index (χ1v) is 10.2. The molecule has 1 amide bonds. The van der Waals surface area contributed by atoms with Gasteiger partial charge < -0.3 is 14.8 Å². The Balaban J connectivity index is 1.73. The third-order valence-corrected chi connectivity index (χ3v) is 5.48. The van der Waals surface area contributed by atoms with Crippen LogP contribution in [0.25, 0.3) is 0 Å². The average molecular weight is 389 g/mol. The summed E-state index contributed by atoms with van der Waals surface area (Å²) in [6, 6.07) is 10.1. The predicted molar refractivity (Wildman–Crippen MR) is 107 cm³/mol. The fourth-order valence-electron chi connectivity index (χ4n) is 4.58. The first kappa shape index (κ1) is 20.6. The van der Waals surface area contributed by atoms with Crippen LogP contribution in [0.1, 0.15) is 39.7 Å². The van der Waals surface area contributed by atoms with Gasteiger partial charge in [-0.15, -0.1) is 0 Å². The van der Waals surface area contributed by atoms with Gasteiger partial charge in [-0.2, -0.15) is 0 Å². The maximum absolute atomic E-state index is 12.7. The Bertz CT molecular complexity index is 686. The number of likely N-dealkylation sites (tertiary alicyclic amines) is 1. The lowest BCUT2D eigenvalue weighted by molar-refractivity contribution is -0.150. The molecule has 0 aromatic heterocycles. The fraction of sp³-hybridized carbons (Fsp3) is 0.636. The number of hydrogen-bond donors (Lipinski definition) is 1. The molecule has 1 saturated heterocycles. The summed E-state index contributed by atoms with van der Waals surface area (Å²) in [5.41, 5.74) is 0.685. The van der Waals surface area contributed by atoms with E-state index in [1.165, 1.54) is 5.56 Å². The molecule has 4 atom stereocenters. The minimum absolute atomic E-state index is 0.182. The SMILES string of the molecule is CCOC(=O)[C@@H]1C2CC(CN(Cc3ccccc3)C2)[C@@H]1NC(=O)OC(C)(C)C. The van der Waals surface area contributed by atoms with Gasteiger partial charge in [0, 0.05) is 25.7 Å². The van der Waals surface area contributed by atoms with Gasteiger partial charge in [-0.1, -0.05) is 30.3 Å². The molecule has 6 heteroatoms. The Morgan fingerprint density at radius 3 is 2.46 bits per heavy atom. The summed E-state index contributed by atoms with van der Waals surface area (Å²) >= 11 is 0. The molecule has 28 heavy (non-hydrogen) atoms. The lowest BCUT2D eigenvalue weighted by Crippen LogP contribution is -2.47. The lowest BCUT2D eigenvalue weighted by Gasteiger charge is -2.32. The van der Waals surface area contributed by atoms with E-state index in [0.717, 1.165) is 26.1 Å². The third-order valence-electron chi connectivity index (χ3n) is 5.48. The summed E-state index contributed by atoms with van der Waals surface area (Å²) in [5.74, 6) is -0.137. The van der Waals surface area contributed by atoms with Crippen molar-refractivity contribution in [3.05, 3.63) is 35.9 Å². The number of fused-ring (bicyclic) bond motifs is 2. The highest BCUT2D eigenvalue weighted by Gasteiger charge is 2.52. The summed E-state index contributed by atoms with van der Waals surface area (Å²) in [5, 5.41) is 2.99. The van der Waals surface area contributed by atoms with Crippen LogP contribution < -0.4 is 5.32 Å². The standard InChI is InChI=1S/C22H32N2O4/c1-5-27-20(25)18-16-11-17(19(18)23-21(26)28-22(2,3)4)14-24(13-16)12-15-9-7-6-8-10-15/h6-10,16-19H,5,11-14H2,1-4H3,(H,23,26)/t16?,17?,18-,19+/m1/s1. The molecule has 2 bridgehead atoms. The maximum atomic E-state index is 12.7. The highest BCUT2D eigenvalue weighted by molar-refractivity contribution is 5.76. The summed E-state index contributed by atoms with van der Waals surface area (Å²) in [4.78, 5) is 27.5. The van der Waals surface area contributed by atoms with E-state index < -0.39 is 11.7 Å². The molecule has 3 rings (SSSR count). The molecule has 2 unspecified atom stereocenters. The van der Waals surface area contributed by atoms with Crippen LogP contribution >= 0.6 is 0 Å². The summed E-state index contributed by atoms with van der Waals surface area (Å²) in [6.45, 7) is 10.2. The normalized spacial score (nSPS) is 27.3. The van der Waals surface area contributed by atoms with E-state index in [1.807, 2.05) is 45.9 Å². The van der Waals surface area contributed by atoms with Gasteiger partial charge in [-0.05, 0) is 51.5 Å². The van der Waals surface area contributed by atoms with E-state index in [0.29, 0.717) is 6.61 Å². The Morgan fingerprint density at radius 1 is 1.14 bits per heavy atom. The summed E-state index contributed by atoms with van der Waals surface area (Å²) in [7, 11) is 0. The molecule has 1 aromatic rings. The van der Waals surface area contributed by atoms with Gasteiger partial charge in [-0.25, -0.2) is 4.79 Å². The van der Waals surface area contributed by atoms with Gasteiger partial charge in [0.25, 0.3) is 0 Å². The van der Waals surface area contributed by atoms with Crippen LogP contribution in [0.15, 0.2) is 30.3 Å². The fourth-order valence-corrected chi connectivity index (χ4v) is 4.58. The van der Waals surface area contributed by atoms with Crippen molar-refractivity contribution in [2.75, 3.05) is 19.7 Å². The number of benzene rings is 1. The largest absolute Gasteiger partial charge is 0.466 e. The van der Waals surface area contributed by atoms with Gasteiger partial charge in [-0.3, -0.25) is 9.69 Å². The van der Waals surface area contributed by atoms with E-state index in [1.54, 1.807) is 0 Å². The van der Waals surface area contributed by atoms with E-state index in [2.05, 4.69) is 22.3 Å². The van der Waals surface area contributed by atoms with Crippen LogP contribution in [0.3, 0.4) is 0 Å². The Morgan fingerprint density at radius 2 is 1.82 bits per heavy atom. The van der Waals surface area contributed by atoms with E-state index in [-0.39, 0.29) is 29.8 Å². The molecule has 1 saturated carbocycles. The van der Waals surface area contributed by atoms with Crippen LogP contribution in [0.4, 0.5) is 4.79 Å². The molecule has 0 spiro atoms. The molecule has 1 aliphatic heterocycles. The van der Waals surface area contributed by atoms with Crippen molar-refractivity contribution in [2.24, 2.45) is 17.8 Å². The molecule has 1 aliphatic carbocycles. The van der Waals surface area contributed by atoms with Crippen molar-refractivity contribution >= 4 is 12.1 Å². The average Bonchev–Trinajstić information content (AvgIpc) is 2.84. The van der Waals surface area contributed by atoms with Gasteiger partial charge >= 0.3 is 12.1 Å². The minimum Gasteiger partial charge on any atom is -0.466 e. The molecule has 2 aliphatic rings. The van der Waals surface area contributed by atoms with Crippen LogP contribution in [0, 0.1) is 17.8 Å². The van der Waals surface area contributed by atoms with E-state index in [4.69, 9.17) is 9.47 Å². The quantitative estimate of drug-likeness (QED) is 0.785. The second kappa shape index (κ2) is 8.52. The summed E-state index contributed by atoms with van der Waals surface area (Å²) in [6.07, 6.45) is 0.462. The number of carbonyl (C=O) groups is 2. The first-order valence-electron chi connectivity index (χ1n) is 10.2. The monoisotopic (exact) mass is 388 g/mol. The molecule has 1 aromatic carbocycles. The Hall–Kier alpha value is -2.08. The number of nitrogens with zero attached hydrogens (tertiary/aromatic N) is 1. The predicted octanol–water partition coefficient (Wildman–Crippen LogP) is 3.21. The van der Waals surface area contributed by atoms with Gasteiger partial charge in [0.2, 0.25) is 0 Å². The Kier molecular flexibility index (Phi) is 6.28. The summed E-state index contributed by atoms with van der Waals surface area (Å²) < 4.78 is 10.8. The number of amides is 1. The third kappa shape index (κ3) is 5.04. The minimum atomic E-state index is -0.573. The van der Waals surface area contributed by atoms with Gasteiger partial charge in [0.05, 0.1) is 12.5 Å². The molecule has 2 fully saturated rings. The van der Waals surface area contributed by atoms with Crippen LogP contribution in [-0.4, -0.2) is 48.3 Å². The van der Waals surface area contributed by atoms with E-state index in [9.17, 15) is 9.59 Å². The zero-order chi connectivity index (χ0) is 20.3. The number of rotatable bonds is 5. The van der Waals surface area contributed by atoms with Gasteiger partial charge in [0.15, 0.2) is 0 Å². The topological polar surface area (TPSA) is 67.9 Å². The van der Waals surface area contributed by atoms with E-state index >= 15 is 0 Å². The van der Waals surface area contributed by atoms with Crippen molar-refractivity contribution in [3.8, 4) is 0 Å². The van der Waals surface area contributed by atoms with Gasteiger partial charge in [0.1, 0.15) is 5.60 Å². The number of hydrogen-bond acceptors (Lipinski definition) is 5. The van der Waals surface area contributed by atoms with Crippen LogP contribution in [0.5, 0.6) is 0 Å². The van der Waals surface area contributed by atoms with Crippen molar-refractivity contribution in [1.29, 1.82) is 0 Å². The second-order valence-corrected chi connectivity index (χ2v) is 8.89. The zero-order valence-corrected chi connectivity index (χ0v) is 17.3. The highest BCUT2D eigenvalue weighted by Crippen LogP contribution is 2.42. The number of esters is 1. The molecular weight excluding hydrogens is 356 g/mol. The maximum Gasteiger partial charge on any atom is 0.407 e. The number of alkyl carbamates (subject to hydrolysis) is 1. The Labute approximate surface area is 167 Å². The number of piperidine rings is 1. The zero-order valence-electron chi connectivity index (χ0n) is 17.3. The highest BCUT2D eigenvalue weighted by atomic mass is 16.6. The molecule has 0 radical (unpaired) electrons. The molecular formula is C22H32N2O4. The van der Waals surface area contributed by atoms with Crippen molar-refractivity contribution in [3.63, 3.8) is 0 Å². The number of carbonyl (C=O) groups excluding carboxylic acids is 2. The molecule has 154 valence electrons. The number of ether oxygens (including phenoxy) is 2. The van der Waals surface area contributed by atoms with Crippen molar-refractivity contribution < 1.29 is 19.1 Å². The molecule has 1 N–H and O–H groups in total. The first-order chi connectivity index (χ1) is 13.3. The van der Waals surface area contributed by atoms with Crippen LogP contribution in [0.2, 0.25) is 0 Å². The van der Waals surface area contributed by atoms with Crippen LogP contribution in [-0.2, 0) is 20.8 Å². The smallest absolute Gasteiger partial charge is 0.407 e. The van der Waals surface area contributed by atoms with Crippen molar-refractivity contribution in [1.82, 2.24) is 10.2 Å². The second-order valence-electron chi connectivity index (χ2n) is 8.89. The number of nitrogens with one attached hydrogen (secondary N) is 1. The molecule has 1 heterocycles. The molecule has 6 nitrogen and oxygen atoms in total. The lowest BCUT2D eigenvalue weighted by atomic mass is 9.93. The van der Waals surface area contributed by atoms with Crippen molar-refractivity contribution in [2.45, 2.75) is 52.3 Å².